The predicted molar refractivity (Wildman–Crippen MR) is 109 cm³/mol. The van der Waals surface area contributed by atoms with Crippen molar-refractivity contribution in [1.29, 1.82) is 0 Å². The molecule has 2 heterocycles. The first kappa shape index (κ1) is 19.8. The third-order valence-electron chi connectivity index (χ3n) is 5.04. The van der Waals surface area contributed by atoms with Crippen molar-refractivity contribution in [1.82, 2.24) is 4.98 Å². The van der Waals surface area contributed by atoms with Gasteiger partial charge in [-0.05, 0) is 30.9 Å². The molecule has 0 atom stereocenters. The zero-order valence-corrected chi connectivity index (χ0v) is 16.8. The maximum atomic E-state index is 12.6. The second-order valence-electron chi connectivity index (χ2n) is 6.94. The molecular weight excluding hydrogens is 358 g/mol. The highest BCUT2D eigenvalue weighted by Crippen LogP contribution is 2.40. The van der Waals surface area contributed by atoms with Crippen LogP contribution in [0.3, 0.4) is 0 Å². The van der Waals surface area contributed by atoms with Crippen molar-refractivity contribution in [3.8, 4) is 17.2 Å². The molecule has 150 valence electrons. The summed E-state index contributed by atoms with van der Waals surface area (Å²) in [6.45, 7) is 4.29. The number of aromatic nitrogens is 1. The number of piperidine rings is 1. The molecule has 1 N–H and O–H groups in total. The van der Waals surface area contributed by atoms with E-state index in [1.54, 1.807) is 24.4 Å². The monoisotopic (exact) mass is 385 g/mol. The fraction of sp³-hybridized carbons (Fsp3) is 0.429. The number of rotatable bonds is 6. The molecule has 0 spiro atoms. The quantitative estimate of drug-likeness (QED) is 0.819. The van der Waals surface area contributed by atoms with Gasteiger partial charge in [-0.3, -0.25) is 4.79 Å². The summed E-state index contributed by atoms with van der Waals surface area (Å²) in [5.74, 6) is 2.86. The van der Waals surface area contributed by atoms with Crippen LogP contribution in [0.15, 0.2) is 30.5 Å². The van der Waals surface area contributed by atoms with Gasteiger partial charge in [-0.1, -0.05) is 6.92 Å². The number of anilines is 2. The Morgan fingerprint density at radius 3 is 2.21 bits per heavy atom. The first-order valence-corrected chi connectivity index (χ1v) is 9.38. The number of benzene rings is 1. The van der Waals surface area contributed by atoms with Gasteiger partial charge in [-0.15, -0.1) is 0 Å². The maximum absolute atomic E-state index is 12.6. The second kappa shape index (κ2) is 8.82. The number of methoxy groups -OCH3 is 3. The van der Waals surface area contributed by atoms with Gasteiger partial charge in [0, 0.05) is 37.1 Å². The van der Waals surface area contributed by atoms with E-state index >= 15 is 0 Å². The molecule has 1 aliphatic rings. The maximum Gasteiger partial charge on any atom is 0.257 e. The number of hydrogen-bond donors (Lipinski definition) is 1. The highest BCUT2D eigenvalue weighted by Gasteiger charge is 2.18. The van der Waals surface area contributed by atoms with Crippen LogP contribution in [0.5, 0.6) is 17.2 Å². The van der Waals surface area contributed by atoms with E-state index < -0.39 is 0 Å². The Morgan fingerprint density at radius 2 is 1.71 bits per heavy atom. The van der Waals surface area contributed by atoms with Gasteiger partial charge in [0.2, 0.25) is 5.75 Å². The van der Waals surface area contributed by atoms with Gasteiger partial charge in [0.15, 0.2) is 11.5 Å². The topological polar surface area (TPSA) is 72.9 Å². The molecular formula is C21H27N3O4. The molecule has 1 saturated heterocycles. The van der Waals surface area contributed by atoms with Gasteiger partial charge in [-0.2, -0.15) is 0 Å². The molecule has 1 fully saturated rings. The number of nitrogens with one attached hydrogen (secondary N) is 1. The van der Waals surface area contributed by atoms with Crippen LogP contribution < -0.4 is 24.4 Å². The fourth-order valence-corrected chi connectivity index (χ4v) is 3.30. The van der Waals surface area contributed by atoms with Gasteiger partial charge >= 0.3 is 0 Å². The number of ether oxygens (including phenoxy) is 3. The lowest BCUT2D eigenvalue weighted by molar-refractivity contribution is 0.102. The summed E-state index contributed by atoms with van der Waals surface area (Å²) in [6, 6.07) is 7.08. The van der Waals surface area contributed by atoms with E-state index in [0.717, 1.165) is 24.8 Å². The van der Waals surface area contributed by atoms with Gasteiger partial charge in [0.1, 0.15) is 5.82 Å². The van der Waals surface area contributed by atoms with Crippen LogP contribution in [-0.4, -0.2) is 45.3 Å². The minimum Gasteiger partial charge on any atom is -0.493 e. The minimum atomic E-state index is -0.249. The Labute approximate surface area is 165 Å². The Morgan fingerprint density at radius 1 is 1.07 bits per heavy atom. The zero-order valence-electron chi connectivity index (χ0n) is 16.8. The van der Waals surface area contributed by atoms with E-state index in [9.17, 15) is 4.79 Å². The van der Waals surface area contributed by atoms with Crippen molar-refractivity contribution in [2.24, 2.45) is 5.92 Å². The fourth-order valence-electron chi connectivity index (χ4n) is 3.30. The molecule has 28 heavy (non-hydrogen) atoms. The average Bonchev–Trinajstić information content (AvgIpc) is 2.73. The first-order valence-electron chi connectivity index (χ1n) is 9.38. The van der Waals surface area contributed by atoms with Crippen molar-refractivity contribution >= 4 is 17.4 Å². The van der Waals surface area contributed by atoms with Crippen molar-refractivity contribution in [3.05, 3.63) is 36.0 Å². The van der Waals surface area contributed by atoms with Gasteiger partial charge < -0.3 is 24.4 Å². The van der Waals surface area contributed by atoms with Crippen molar-refractivity contribution in [3.63, 3.8) is 0 Å². The Kier molecular flexibility index (Phi) is 6.23. The summed E-state index contributed by atoms with van der Waals surface area (Å²) in [5, 5.41) is 2.86. The normalized spacial score (nSPS) is 14.5. The number of amides is 1. The molecule has 1 aromatic heterocycles. The Bertz CT molecular complexity index is 790. The molecule has 0 saturated carbocycles. The molecule has 1 amide bonds. The Hall–Kier alpha value is -2.96. The average molecular weight is 385 g/mol. The number of hydrogen-bond acceptors (Lipinski definition) is 6. The number of carbonyl (C=O) groups excluding carboxylic acids is 1. The van der Waals surface area contributed by atoms with E-state index in [1.165, 1.54) is 34.2 Å². The van der Waals surface area contributed by atoms with Gasteiger partial charge in [0.05, 0.1) is 26.9 Å². The zero-order chi connectivity index (χ0) is 20.1. The van der Waals surface area contributed by atoms with Crippen molar-refractivity contribution in [2.75, 3.05) is 44.6 Å². The lowest BCUT2D eigenvalue weighted by Crippen LogP contribution is -2.33. The molecule has 0 radical (unpaired) electrons. The third kappa shape index (κ3) is 4.30. The molecule has 3 rings (SSSR count). The summed E-state index contributed by atoms with van der Waals surface area (Å²) in [5.41, 5.74) is 1.04. The van der Waals surface area contributed by atoms with Crippen molar-refractivity contribution in [2.45, 2.75) is 19.8 Å². The van der Waals surface area contributed by atoms with E-state index in [4.69, 9.17) is 14.2 Å². The molecule has 7 heteroatoms. The van der Waals surface area contributed by atoms with Crippen LogP contribution in [0.2, 0.25) is 0 Å². The third-order valence-corrected chi connectivity index (χ3v) is 5.04. The van der Waals surface area contributed by atoms with Crippen LogP contribution in [-0.2, 0) is 0 Å². The predicted octanol–water partition coefficient (Wildman–Crippen LogP) is 3.60. The lowest BCUT2D eigenvalue weighted by Gasteiger charge is -2.31. The van der Waals surface area contributed by atoms with E-state index in [1.807, 2.05) is 6.07 Å². The summed E-state index contributed by atoms with van der Waals surface area (Å²) >= 11 is 0. The molecule has 0 unspecified atom stereocenters. The lowest BCUT2D eigenvalue weighted by atomic mass is 9.99. The smallest absolute Gasteiger partial charge is 0.257 e. The van der Waals surface area contributed by atoms with Gasteiger partial charge in [-0.25, -0.2) is 4.98 Å². The highest BCUT2D eigenvalue weighted by molar-refractivity contribution is 6.04. The number of carbonyl (C=O) groups is 1. The summed E-state index contributed by atoms with van der Waals surface area (Å²) in [6.07, 6.45) is 3.96. The molecule has 2 aromatic rings. The number of nitrogens with zero attached hydrogens (tertiary/aromatic N) is 2. The molecule has 1 aliphatic heterocycles. The minimum absolute atomic E-state index is 0.249. The summed E-state index contributed by atoms with van der Waals surface area (Å²) in [4.78, 5) is 19.4. The molecule has 1 aromatic carbocycles. The van der Waals surface area contributed by atoms with E-state index in [2.05, 4.69) is 22.1 Å². The van der Waals surface area contributed by atoms with E-state index in [-0.39, 0.29) is 5.91 Å². The van der Waals surface area contributed by atoms with Crippen molar-refractivity contribution < 1.29 is 19.0 Å². The number of pyridine rings is 1. The van der Waals surface area contributed by atoms with Crippen LogP contribution in [0.1, 0.15) is 30.1 Å². The van der Waals surface area contributed by atoms with Crippen LogP contribution >= 0.6 is 0 Å². The molecule has 0 aliphatic carbocycles. The SMILES string of the molecule is COc1cc(NC(=O)c2ccc(N3CCC(C)CC3)nc2)cc(OC)c1OC. The van der Waals surface area contributed by atoms with Crippen LogP contribution in [0, 0.1) is 5.92 Å². The molecule has 0 bridgehead atoms. The molecule has 7 nitrogen and oxygen atoms in total. The Balaban J connectivity index is 1.72. The van der Waals surface area contributed by atoms with Crippen LogP contribution in [0.4, 0.5) is 11.5 Å². The van der Waals surface area contributed by atoms with Gasteiger partial charge in [0.25, 0.3) is 5.91 Å². The summed E-state index contributed by atoms with van der Waals surface area (Å²) in [7, 11) is 4.61. The first-order chi connectivity index (χ1) is 13.5. The largest absolute Gasteiger partial charge is 0.493 e. The van der Waals surface area contributed by atoms with Crippen LogP contribution in [0.25, 0.3) is 0 Å². The summed E-state index contributed by atoms with van der Waals surface area (Å²) < 4.78 is 15.9. The second-order valence-corrected chi connectivity index (χ2v) is 6.94. The highest BCUT2D eigenvalue weighted by atomic mass is 16.5. The standard InChI is InChI=1S/C21H27N3O4/c1-14-7-9-24(10-8-14)19-6-5-15(13-22-19)21(25)23-16-11-17(26-2)20(28-4)18(12-16)27-3/h5-6,11-14H,7-10H2,1-4H3,(H,23,25). The van der Waals surface area contributed by atoms with E-state index in [0.29, 0.717) is 28.5 Å².